The fourth-order valence-electron chi connectivity index (χ4n) is 6.80. The van der Waals surface area contributed by atoms with Gasteiger partial charge in [-0.05, 0) is 98.4 Å². The van der Waals surface area contributed by atoms with E-state index in [2.05, 4.69) is 83.8 Å². The summed E-state index contributed by atoms with van der Waals surface area (Å²) in [7, 11) is 0. The molecule has 212 valence electrons. The summed E-state index contributed by atoms with van der Waals surface area (Å²) < 4.78 is 2.22. The number of nitrogens with one attached hydrogen (secondary N) is 1. The van der Waals surface area contributed by atoms with Crippen LogP contribution in [0, 0.1) is 25.7 Å². The van der Waals surface area contributed by atoms with Crippen molar-refractivity contribution in [1.29, 1.82) is 0 Å². The Morgan fingerprint density at radius 1 is 0.878 bits per heavy atom. The van der Waals surface area contributed by atoms with Crippen LogP contribution < -0.4 is 15.1 Å². The zero-order valence-electron chi connectivity index (χ0n) is 23.8. The van der Waals surface area contributed by atoms with Crippen LogP contribution in [0.15, 0.2) is 72.9 Å². The van der Waals surface area contributed by atoms with Crippen LogP contribution in [0.1, 0.15) is 55.0 Å². The highest BCUT2D eigenvalue weighted by Crippen LogP contribution is 2.45. The van der Waals surface area contributed by atoms with Crippen LogP contribution in [-0.4, -0.2) is 27.8 Å². The highest BCUT2D eigenvalue weighted by Gasteiger charge is 2.42. The number of pyridine rings is 1. The number of hydrogen-bond donors (Lipinski definition) is 1. The van der Waals surface area contributed by atoms with Crippen molar-refractivity contribution in [3.8, 4) is 5.69 Å². The summed E-state index contributed by atoms with van der Waals surface area (Å²) in [5.41, 5.74) is 7.30. The molecule has 4 heterocycles. The van der Waals surface area contributed by atoms with Gasteiger partial charge in [0, 0.05) is 36.4 Å². The minimum atomic E-state index is -0.147. The van der Waals surface area contributed by atoms with Crippen molar-refractivity contribution in [2.75, 3.05) is 22.9 Å². The Kier molecular flexibility index (Phi) is 7.75. The Bertz CT molecular complexity index is 1580. The second-order valence-corrected chi connectivity index (χ2v) is 12.8. The van der Waals surface area contributed by atoms with Gasteiger partial charge in [-0.1, -0.05) is 55.2 Å². The molecule has 2 saturated heterocycles. The molecule has 6 rings (SSSR count). The van der Waals surface area contributed by atoms with E-state index >= 15 is 0 Å². The zero-order chi connectivity index (χ0) is 28.8. The molecule has 1 N–H and O–H groups in total. The normalized spacial score (nSPS) is 22.7. The Hall–Kier alpha value is -3.06. The van der Waals surface area contributed by atoms with Crippen LogP contribution in [0.5, 0.6) is 0 Å². The Morgan fingerprint density at radius 2 is 1.61 bits per heavy atom. The van der Waals surface area contributed by atoms with E-state index in [-0.39, 0.29) is 12.1 Å². The topological polar surface area (TPSA) is 36.3 Å². The van der Waals surface area contributed by atoms with Crippen LogP contribution in [-0.2, 0) is 0 Å². The van der Waals surface area contributed by atoms with Gasteiger partial charge in [-0.15, -0.1) is 0 Å². The van der Waals surface area contributed by atoms with E-state index in [1.165, 1.54) is 6.42 Å². The van der Waals surface area contributed by atoms with E-state index in [1.807, 2.05) is 36.5 Å². The van der Waals surface area contributed by atoms with Crippen LogP contribution in [0.2, 0.25) is 10.0 Å². The average molecular weight is 605 g/mol. The number of hydrogen-bond acceptors (Lipinski definition) is 3. The first-order valence-electron chi connectivity index (χ1n) is 14.2. The molecule has 5 nitrogen and oxygen atoms in total. The predicted molar refractivity (Wildman–Crippen MR) is 175 cm³/mol. The second kappa shape index (κ2) is 11.3. The van der Waals surface area contributed by atoms with Crippen molar-refractivity contribution >= 4 is 51.9 Å². The third-order valence-corrected chi connectivity index (χ3v) is 9.34. The molecule has 2 aromatic carbocycles. The fraction of sp³-hybridized carbons (Fsp3) is 0.333. The number of rotatable bonds is 5. The smallest absolute Gasteiger partial charge is 0.174 e. The summed E-state index contributed by atoms with van der Waals surface area (Å²) in [6.45, 7) is 10.9. The number of anilines is 2. The summed E-state index contributed by atoms with van der Waals surface area (Å²) in [6, 6.07) is 22.3. The summed E-state index contributed by atoms with van der Waals surface area (Å²) in [4.78, 5) is 9.35. The standard InChI is InChI=1S/C33H35Cl2N5S/c1-20-15-21(2)19-38(18-20)29-13-12-24(17-27(29)35)40-32(31(37-33(40)41)28-10-7-8-14-36-28)25-16-22(3)39(23(25)4)30-11-6-5-9-26(30)34/h5-14,16-17,20-21,31-32H,15,18-19H2,1-4H3,(H,37,41)/t20-,21+,31-,32+/m1/s1. The molecule has 2 fully saturated rings. The van der Waals surface area contributed by atoms with E-state index in [9.17, 15) is 0 Å². The number of aryl methyl sites for hydroxylation is 1. The zero-order valence-corrected chi connectivity index (χ0v) is 26.1. The summed E-state index contributed by atoms with van der Waals surface area (Å²) in [6.07, 6.45) is 3.09. The molecule has 4 aromatic rings. The van der Waals surface area contributed by atoms with Gasteiger partial charge in [0.1, 0.15) is 0 Å². The number of benzene rings is 2. The summed E-state index contributed by atoms with van der Waals surface area (Å²) in [5, 5.41) is 5.69. The monoisotopic (exact) mass is 603 g/mol. The molecule has 8 heteroatoms. The molecule has 4 atom stereocenters. The largest absolute Gasteiger partial charge is 0.370 e. The maximum atomic E-state index is 7.03. The first-order chi connectivity index (χ1) is 19.7. The Labute approximate surface area is 258 Å². The highest BCUT2D eigenvalue weighted by molar-refractivity contribution is 7.80. The van der Waals surface area contributed by atoms with Crippen molar-refractivity contribution in [3.05, 3.63) is 106 Å². The molecule has 0 unspecified atom stereocenters. The third kappa shape index (κ3) is 5.22. The van der Waals surface area contributed by atoms with Crippen LogP contribution in [0.4, 0.5) is 11.4 Å². The summed E-state index contributed by atoms with van der Waals surface area (Å²) >= 11 is 19.7. The number of para-hydroxylation sites is 1. The van der Waals surface area contributed by atoms with Crippen molar-refractivity contribution in [3.63, 3.8) is 0 Å². The third-order valence-electron chi connectivity index (χ3n) is 8.40. The Balaban J connectivity index is 1.45. The van der Waals surface area contributed by atoms with Crippen molar-refractivity contribution in [2.24, 2.45) is 11.8 Å². The van der Waals surface area contributed by atoms with Crippen LogP contribution >= 0.6 is 35.4 Å². The van der Waals surface area contributed by atoms with Crippen LogP contribution in [0.3, 0.4) is 0 Å². The fourth-order valence-corrected chi connectivity index (χ4v) is 7.66. The van der Waals surface area contributed by atoms with Gasteiger partial charge in [0.2, 0.25) is 0 Å². The van der Waals surface area contributed by atoms with E-state index in [1.54, 1.807) is 0 Å². The molecule has 2 aliphatic rings. The van der Waals surface area contributed by atoms with E-state index in [0.717, 1.165) is 57.8 Å². The molecule has 41 heavy (non-hydrogen) atoms. The maximum absolute atomic E-state index is 7.03. The lowest BCUT2D eigenvalue weighted by atomic mass is 9.91. The molecule has 0 spiro atoms. The molecule has 2 aliphatic heterocycles. The van der Waals surface area contributed by atoms with E-state index < -0.39 is 0 Å². The lowest BCUT2D eigenvalue weighted by Crippen LogP contribution is -2.38. The highest BCUT2D eigenvalue weighted by atomic mass is 35.5. The minimum Gasteiger partial charge on any atom is -0.370 e. The lowest BCUT2D eigenvalue weighted by molar-refractivity contribution is 0.357. The molecular formula is C33H35Cl2N5S. The van der Waals surface area contributed by atoms with Gasteiger partial charge in [0.05, 0.1) is 39.2 Å². The number of piperidine rings is 1. The number of nitrogens with zero attached hydrogens (tertiary/aromatic N) is 4. The SMILES string of the molecule is Cc1cc([C@H]2[C@@H](c3ccccn3)NC(=S)N2c2ccc(N3C[C@H](C)C[C@H](C)C3)c(Cl)c2)c(C)n1-c1ccccc1Cl. The van der Waals surface area contributed by atoms with E-state index in [0.29, 0.717) is 22.0 Å². The number of halogens is 2. The maximum Gasteiger partial charge on any atom is 0.174 e. The first-order valence-corrected chi connectivity index (χ1v) is 15.4. The van der Waals surface area contributed by atoms with Crippen molar-refractivity contribution in [2.45, 2.75) is 46.2 Å². The molecule has 0 aliphatic carbocycles. The van der Waals surface area contributed by atoms with Gasteiger partial charge in [-0.25, -0.2) is 0 Å². The minimum absolute atomic E-state index is 0.142. The molecule has 0 saturated carbocycles. The number of aromatic nitrogens is 2. The van der Waals surface area contributed by atoms with Gasteiger partial charge in [-0.3, -0.25) is 4.98 Å². The van der Waals surface area contributed by atoms with Gasteiger partial charge in [0.15, 0.2) is 5.11 Å². The Morgan fingerprint density at radius 3 is 2.29 bits per heavy atom. The predicted octanol–water partition coefficient (Wildman–Crippen LogP) is 8.46. The molecule has 0 radical (unpaired) electrons. The molecule has 0 bridgehead atoms. The first kappa shape index (κ1) is 28.1. The average Bonchev–Trinajstić information content (AvgIpc) is 3.43. The molecule has 2 aromatic heterocycles. The van der Waals surface area contributed by atoms with Gasteiger partial charge in [0.25, 0.3) is 0 Å². The number of thiocarbonyl (C=S) groups is 1. The quantitative estimate of drug-likeness (QED) is 0.231. The van der Waals surface area contributed by atoms with Crippen molar-refractivity contribution in [1.82, 2.24) is 14.9 Å². The molecular weight excluding hydrogens is 569 g/mol. The molecule has 0 amide bonds. The van der Waals surface area contributed by atoms with Crippen LogP contribution in [0.25, 0.3) is 5.69 Å². The van der Waals surface area contributed by atoms with Gasteiger partial charge < -0.3 is 19.7 Å². The van der Waals surface area contributed by atoms with E-state index in [4.69, 9.17) is 40.4 Å². The lowest BCUT2D eigenvalue weighted by Gasteiger charge is -2.37. The van der Waals surface area contributed by atoms with Gasteiger partial charge in [-0.2, -0.15) is 0 Å². The summed E-state index contributed by atoms with van der Waals surface area (Å²) in [5.74, 6) is 1.28. The van der Waals surface area contributed by atoms with Crippen molar-refractivity contribution < 1.29 is 0 Å². The second-order valence-electron chi connectivity index (χ2n) is 11.6. The van der Waals surface area contributed by atoms with Gasteiger partial charge >= 0.3 is 0 Å².